The van der Waals surface area contributed by atoms with E-state index < -0.39 is 0 Å². The van der Waals surface area contributed by atoms with Crippen molar-refractivity contribution < 1.29 is 9.47 Å². The van der Waals surface area contributed by atoms with Crippen LogP contribution in [0.3, 0.4) is 0 Å². The number of nitrogens with zero attached hydrogens (tertiary/aromatic N) is 4. The van der Waals surface area contributed by atoms with E-state index in [-0.39, 0.29) is 12.1 Å². The summed E-state index contributed by atoms with van der Waals surface area (Å²) in [4.78, 5) is 11.5. The lowest BCUT2D eigenvalue weighted by atomic mass is 10.0. The van der Waals surface area contributed by atoms with Crippen LogP contribution in [0.15, 0.2) is 110 Å². The van der Waals surface area contributed by atoms with Gasteiger partial charge in [0.1, 0.15) is 29.1 Å². The number of rotatable bonds is 7. The Morgan fingerprint density at radius 3 is 2.23 bits per heavy atom. The Bertz CT molecular complexity index is 1570. The van der Waals surface area contributed by atoms with Crippen LogP contribution in [0.25, 0.3) is 5.82 Å². The number of aryl methyl sites for hydroxylation is 1. The molecule has 1 fully saturated rings. The Balaban J connectivity index is 1.36. The number of benzene rings is 2. The quantitative estimate of drug-likeness (QED) is 0.238. The number of aromatic nitrogens is 3. The fraction of sp³-hybridized carbons (Fsp3) is 0.129. The van der Waals surface area contributed by atoms with Gasteiger partial charge in [-0.1, -0.05) is 12.1 Å². The zero-order valence-corrected chi connectivity index (χ0v) is 22.4. The molecule has 0 aliphatic carbocycles. The average molecular weight is 534 g/mol. The highest BCUT2D eigenvalue weighted by molar-refractivity contribution is 7.80. The van der Waals surface area contributed by atoms with Crippen LogP contribution in [-0.4, -0.2) is 26.8 Å². The molecule has 194 valence electrons. The molecule has 0 saturated carbocycles. The number of ether oxygens (including phenoxy) is 2. The smallest absolute Gasteiger partial charge is 0.174 e. The van der Waals surface area contributed by atoms with Crippen molar-refractivity contribution in [3.05, 3.63) is 127 Å². The lowest BCUT2D eigenvalue weighted by molar-refractivity contribution is 0.413. The fourth-order valence-corrected chi connectivity index (χ4v) is 5.18. The van der Waals surface area contributed by atoms with Crippen molar-refractivity contribution >= 4 is 23.0 Å². The first kappa shape index (κ1) is 24.6. The van der Waals surface area contributed by atoms with Crippen LogP contribution >= 0.6 is 12.2 Å². The van der Waals surface area contributed by atoms with E-state index in [4.69, 9.17) is 21.7 Å². The number of methoxy groups -OCH3 is 1. The molecule has 39 heavy (non-hydrogen) atoms. The lowest BCUT2D eigenvalue weighted by Gasteiger charge is -2.29. The van der Waals surface area contributed by atoms with E-state index in [1.807, 2.05) is 104 Å². The first-order chi connectivity index (χ1) is 19.1. The summed E-state index contributed by atoms with van der Waals surface area (Å²) in [5.74, 6) is 3.10. The molecule has 7 nitrogen and oxygen atoms in total. The van der Waals surface area contributed by atoms with E-state index in [2.05, 4.69) is 36.9 Å². The maximum Gasteiger partial charge on any atom is 0.174 e. The molecule has 1 saturated heterocycles. The average Bonchev–Trinajstić information content (AvgIpc) is 3.59. The predicted octanol–water partition coefficient (Wildman–Crippen LogP) is 6.55. The van der Waals surface area contributed by atoms with Crippen LogP contribution in [0.2, 0.25) is 0 Å². The van der Waals surface area contributed by atoms with E-state index in [0.29, 0.717) is 5.11 Å². The Hall–Kier alpha value is -4.69. The summed E-state index contributed by atoms with van der Waals surface area (Å²) in [5, 5.41) is 4.16. The van der Waals surface area contributed by atoms with Crippen molar-refractivity contribution in [2.45, 2.75) is 19.0 Å². The van der Waals surface area contributed by atoms with Gasteiger partial charge in [-0.05, 0) is 104 Å². The van der Waals surface area contributed by atoms with Gasteiger partial charge in [-0.2, -0.15) is 0 Å². The Morgan fingerprint density at radius 1 is 0.821 bits per heavy atom. The first-order valence-corrected chi connectivity index (χ1v) is 13.0. The summed E-state index contributed by atoms with van der Waals surface area (Å²) in [5.41, 5.74) is 4.02. The van der Waals surface area contributed by atoms with Crippen molar-refractivity contribution in [2.24, 2.45) is 0 Å². The van der Waals surface area contributed by atoms with Gasteiger partial charge < -0.3 is 24.3 Å². The summed E-state index contributed by atoms with van der Waals surface area (Å²) < 4.78 is 13.4. The Kier molecular flexibility index (Phi) is 6.69. The Morgan fingerprint density at radius 2 is 1.56 bits per heavy atom. The first-order valence-electron chi connectivity index (χ1n) is 12.6. The normalized spacial score (nSPS) is 16.7. The van der Waals surface area contributed by atoms with Gasteiger partial charge in [-0.3, -0.25) is 4.98 Å². The van der Waals surface area contributed by atoms with Crippen molar-refractivity contribution in [1.29, 1.82) is 0 Å². The summed E-state index contributed by atoms with van der Waals surface area (Å²) in [6, 6.07) is 29.3. The minimum Gasteiger partial charge on any atom is -0.497 e. The van der Waals surface area contributed by atoms with Crippen LogP contribution in [0.4, 0.5) is 5.69 Å². The van der Waals surface area contributed by atoms with E-state index in [0.717, 1.165) is 45.7 Å². The molecule has 8 heteroatoms. The van der Waals surface area contributed by atoms with Crippen LogP contribution in [0.1, 0.15) is 29.0 Å². The number of anilines is 1. The molecule has 0 radical (unpaired) electrons. The van der Waals surface area contributed by atoms with E-state index >= 15 is 0 Å². The number of hydrogen-bond donors (Lipinski definition) is 1. The molecule has 3 aromatic heterocycles. The fourth-order valence-electron chi connectivity index (χ4n) is 4.83. The maximum absolute atomic E-state index is 6.05. The summed E-state index contributed by atoms with van der Waals surface area (Å²) in [6.07, 6.45) is 5.73. The second-order valence-corrected chi connectivity index (χ2v) is 9.65. The van der Waals surface area contributed by atoms with Gasteiger partial charge in [0.25, 0.3) is 0 Å². The predicted molar refractivity (Wildman–Crippen MR) is 156 cm³/mol. The third-order valence-electron chi connectivity index (χ3n) is 6.73. The van der Waals surface area contributed by atoms with E-state index in [1.54, 1.807) is 7.11 Å². The lowest BCUT2D eigenvalue weighted by Crippen LogP contribution is -2.30. The van der Waals surface area contributed by atoms with Crippen LogP contribution in [0.5, 0.6) is 17.2 Å². The van der Waals surface area contributed by atoms with Crippen molar-refractivity contribution in [1.82, 2.24) is 19.9 Å². The van der Waals surface area contributed by atoms with Crippen molar-refractivity contribution in [3.8, 4) is 23.1 Å². The zero-order valence-electron chi connectivity index (χ0n) is 21.6. The molecule has 2 atom stereocenters. The molecule has 5 aromatic rings. The molecule has 4 heterocycles. The minimum atomic E-state index is -0.168. The van der Waals surface area contributed by atoms with Gasteiger partial charge in [0.15, 0.2) is 5.11 Å². The van der Waals surface area contributed by atoms with E-state index in [1.165, 1.54) is 0 Å². The zero-order chi connectivity index (χ0) is 26.8. The molecule has 0 bridgehead atoms. The molecular formula is C31H27N5O2S. The highest BCUT2D eigenvalue weighted by Gasteiger charge is 2.42. The number of pyridine rings is 2. The monoisotopic (exact) mass is 533 g/mol. The van der Waals surface area contributed by atoms with Gasteiger partial charge in [-0.25, -0.2) is 4.98 Å². The van der Waals surface area contributed by atoms with Gasteiger partial charge in [0.2, 0.25) is 0 Å². The molecule has 0 spiro atoms. The third-order valence-corrected chi connectivity index (χ3v) is 7.05. The minimum absolute atomic E-state index is 0.159. The molecule has 1 aliphatic heterocycles. The van der Waals surface area contributed by atoms with Gasteiger partial charge in [0.05, 0.1) is 18.8 Å². The van der Waals surface area contributed by atoms with Gasteiger partial charge in [-0.15, -0.1) is 0 Å². The second-order valence-electron chi connectivity index (χ2n) is 9.26. The molecular weight excluding hydrogens is 506 g/mol. The molecule has 0 unspecified atom stereocenters. The molecule has 1 N–H and O–H groups in total. The molecule has 2 aromatic carbocycles. The largest absolute Gasteiger partial charge is 0.497 e. The Labute approximate surface area is 232 Å². The summed E-state index contributed by atoms with van der Waals surface area (Å²) >= 11 is 5.91. The van der Waals surface area contributed by atoms with E-state index in [9.17, 15) is 0 Å². The molecule has 1 aliphatic rings. The summed E-state index contributed by atoms with van der Waals surface area (Å²) in [6.45, 7) is 2.04. The van der Waals surface area contributed by atoms with Crippen LogP contribution < -0.4 is 19.7 Å². The number of hydrogen-bond acceptors (Lipinski definition) is 5. The SMILES string of the molecule is COc1ccc(Oc2ccc(N3C(=S)N[C@@H](c4ccccn4)[C@@H]3c3cccn3-c3ccc(C)cn3)cc2)cc1. The van der Waals surface area contributed by atoms with Crippen LogP contribution in [0, 0.1) is 6.92 Å². The number of thiocarbonyl (C=S) groups is 1. The van der Waals surface area contributed by atoms with Crippen molar-refractivity contribution in [3.63, 3.8) is 0 Å². The molecule has 6 rings (SSSR count). The number of nitrogens with one attached hydrogen (secondary N) is 1. The second kappa shape index (κ2) is 10.6. The highest BCUT2D eigenvalue weighted by Crippen LogP contribution is 2.42. The highest BCUT2D eigenvalue weighted by atomic mass is 32.1. The maximum atomic E-state index is 6.05. The summed E-state index contributed by atoms with van der Waals surface area (Å²) in [7, 11) is 1.64. The third kappa shape index (κ3) is 4.94. The van der Waals surface area contributed by atoms with Gasteiger partial charge >= 0.3 is 0 Å². The van der Waals surface area contributed by atoms with Gasteiger partial charge in [0, 0.05) is 30.0 Å². The molecule has 0 amide bonds. The topological polar surface area (TPSA) is 64.4 Å². The standard InChI is InChI=1S/C31H27N5O2S/c1-21-8-17-28(33-20-21)35-19-5-7-27(35)30-29(26-6-3-4-18-32-26)34-31(39)36(30)22-9-11-24(12-10-22)38-25-15-13-23(37-2)14-16-25/h3-20,29-30H,1-2H3,(H,34,39)/t29-,30-/m0/s1. The van der Waals surface area contributed by atoms with Crippen LogP contribution in [-0.2, 0) is 0 Å². The van der Waals surface area contributed by atoms with Crippen molar-refractivity contribution in [2.75, 3.05) is 12.0 Å².